The first-order valence-corrected chi connectivity index (χ1v) is 5.22. The molecule has 0 amide bonds. The normalized spacial score (nSPS) is 11.2. The highest BCUT2D eigenvalue weighted by Crippen LogP contribution is 2.11. The Hall–Kier alpha value is -1.58. The van der Waals surface area contributed by atoms with Crippen LogP contribution in [-0.2, 0) is 16.0 Å². The van der Waals surface area contributed by atoms with Gasteiger partial charge in [0.15, 0.2) is 0 Å². The van der Waals surface area contributed by atoms with E-state index in [0.29, 0.717) is 12.8 Å². The zero-order chi connectivity index (χ0) is 12.2. The summed E-state index contributed by atoms with van der Waals surface area (Å²) in [6.45, 7) is 5.51. The van der Waals surface area contributed by atoms with Crippen LogP contribution < -0.4 is 0 Å². The lowest BCUT2D eigenvalue weighted by molar-refractivity contribution is -0.154. The van der Waals surface area contributed by atoms with Gasteiger partial charge in [-0.1, -0.05) is 0 Å². The van der Waals surface area contributed by atoms with E-state index in [1.807, 2.05) is 20.8 Å². The van der Waals surface area contributed by atoms with Crippen LogP contribution in [0.3, 0.4) is 0 Å². The number of esters is 1. The van der Waals surface area contributed by atoms with E-state index in [4.69, 9.17) is 9.84 Å². The van der Waals surface area contributed by atoms with Gasteiger partial charge in [0.05, 0.1) is 12.6 Å². The minimum Gasteiger partial charge on any atom is -0.506 e. The average molecular weight is 223 g/mol. The number of hydrogen-bond acceptors (Lipinski definition) is 4. The standard InChI is InChI=1S/C12H17NO3/c1-12(2,3)16-11(15)7-5-9-4-6-10(14)8-13-9/h4,6,8,14H,5,7H2,1-3H3. The number of aryl methyl sites for hydroxylation is 1. The fourth-order valence-corrected chi connectivity index (χ4v) is 1.19. The van der Waals surface area contributed by atoms with Crippen molar-refractivity contribution < 1.29 is 14.6 Å². The second kappa shape index (κ2) is 4.96. The lowest BCUT2D eigenvalue weighted by atomic mass is 10.2. The molecule has 1 rings (SSSR count). The summed E-state index contributed by atoms with van der Waals surface area (Å²) in [6.07, 6.45) is 2.19. The Labute approximate surface area is 95.3 Å². The quantitative estimate of drug-likeness (QED) is 0.797. The number of carbonyl (C=O) groups is 1. The third-order valence-corrected chi connectivity index (χ3v) is 1.81. The summed E-state index contributed by atoms with van der Waals surface area (Å²) in [7, 11) is 0. The van der Waals surface area contributed by atoms with E-state index < -0.39 is 5.60 Å². The van der Waals surface area contributed by atoms with Crippen molar-refractivity contribution in [2.45, 2.75) is 39.2 Å². The number of rotatable bonds is 3. The average Bonchev–Trinajstić information content (AvgIpc) is 2.14. The smallest absolute Gasteiger partial charge is 0.306 e. The first kappa shape index (κ1) is 12.5. The molecule has 4 nitrogen and oxygen atoms in total. The molecule has 16 heavy (non-hydrogen) atoms. The van der Waals surface area contributed by atoms with Crippen LogP contribution in [0.4, 0.5) is 0 Å². The second-order valence-electron chi connectivity index (χ2n) is 4.59. The van der Waals surface area contributed by atoms with E-state index in [2.05, 4.69) is 4.98 Å². The van der Waals surface area contributed by atoms with Gasteiger partial charge < -0.3 is 9.84 Å². The van der Waals surface area contributed by atoms with Gasteiger partial charge in [0.2, 0.25) is 0 Å². The second-order valence-corrected chi connectivity index (χ2v) is 4.59. The van der Waals surface area contributed by atoms with E-state index in [-0.39, 0.29) is 11.7 Å². The Bertz CT molecular complexity index is 352. The summed E-state index contributed by atoms with van der Waals surface area (Å²) in [5, 5.41) is 9.03. The number of aromatic nitrogens is 1. The molecule has 0 saturated heterocycles. The molecule has 0 bridgehead atoms. The topological polar surface area (TPSA) is 59.4 Å². The van der Waals surface area contributed by atoms with Crippen molar-refractivity contribution in [2.75, 3.05) is 0 Å². The third-order valence-electron chi connectivity index (χ3n) is 1.81. The van der Waals surface area contributed by atoms with Crippen LogP contribution in [-0.4, -0.2) is 21.7 Å². The molecule has 0 unspecified atom stereocenters. The van der Waals surface area contributed by atoms with Crippen molar-refractivity contribution in [3.63, 3.8) is 0 Å². The lowest BCUT2D eigenvalue weighted by Gasteiger charge is -2.19. The maximum atomic E-state index is 11.4. The predicted octanol–water partition coefficient (Wildman–Crippen LogP) is 2.06. The molecule has 1 aromatic rings. The number of pyridine rings is 1. The number of nitrogens with zero attached hydrogens (tertiary/aromatic N) is 1. The Morgan fingerprint density at radius 1 is 1.44 bits per heavy atom. The van der Waals surface area contributed by atoms with Gasteiger partial charge in [-0.05, 0) is 32.9 Å². The summed E-state index contributed by atoms with van der Waals surface area (Å²) in [6, 6.07) is 3.25. The van der Waals surface area contributed by atoms with Crippen LogP contribution in [0.2, 0.25) is 0 Å². The third kappa shape index (κ3) is 4.77. The molecule has 0 aromatic carbocycles. The largest absolute Gasteiger partial charge is 0.506 e. The molecule has 4 heteroatoms. The SMILES string of the molecule is CC(C)(C)OC(=O)CCc1ccc(O)cn1. The highest BCUT2D eigenvalue weighted by molar-refractivity contribution is 5.70. The van der Waals surface area contributed by atoms with Gasteiger partial charge in [0.25, 0.3) is 0 Å². The van der Waals surface area contributed by atoms with Gasteiger partial charge in [-0.15, -0.1) is 0 Å². The van der Waals surface area contributed by atoms with E-state index in [0.717, 1.165) is 5.69 Å². The van der Waals surface area contributed by atoms with Crippen LogP contribution in [0, 0.1) is 0 Å². The Kier molecular flexibility index (Phi) is 3.88. The van der Waals surface area contributed by atoms with Crippen LogP contribution >= 0.6 is 0 Å². The van der Waals surface area contributed by atoms with Crippen molar-refractivity contribution in [2.24, 2.45) is 0 Å². The van der Waals surface area contributed by atoms with Crippen LogP contribution in [0.5, 0.6) is 5.75 Å². The molecular formula is C12H17NO3. The van der Waals surface area contributed by atoms with Crippen molar-refractivity contribution in [1.29, 1.82) is 0 Å². The fraction of sp³-hybridized carbons (Fsp3) is 0.500. The van der Waals surface area contributed by atoms with Crippen molar-refractivity contribution in [3.8, 4) is 5.75 Å². The van der Waals surface area contributed by atoms with E-state index in [9.17, 15) is 4.79 Å². The summed E-state index contributed by atoms with van der Waals surface area (Å²) in [5.41, 5.74) is 0.322. The van der Waals surface area contributed by atoms with Gasteiger partial charge in [-0.3, -0.25) is 9.78 Å². The van der Waals surface area contributed by atoms with Crippen molar-refractivity contribution in [1.82, 2.24) is 4.98 Å². The van der Waals surface area contributed by atoms with Crippen LogP contribution in [0.25, 0.3) is 0 Å². The summed E-state index contributed by atoms with van der Waals surface area (Å²) >= 11 is 0. The highest BCUT2D eigenvalue weighted by atomic mass is 16.6. The molecule has 1 heterocycles. The minimum atomic E-state index is -0.445. The van der Waals surface area contributed by atoms with E-state index in [1.54, 1.807) is 12.1 Å². The molecule has 0 aliphatic heterocycles. The van der Waals surface area contributed by atoms with Gasteiger partial charge >= 0.3 is 5.97 Å². The van der Waals surface area contributed by atoms with Gasteiger partial charge in [0.1, 0.15) is 11.4 Å². The first-order valence-electron chi connectivity index (χ1n) is 5.22. The zero-order valence-electron chi connectivity index (χ0n) is 9.86. The minimum absolute atomic E-state index is 0.126. The molecule has 0 fully saturated rings. The molecule has 1 N–H and O–H groups in total. The number of hydrogen-bond donors (Lipinski definition) is 1. The van der Waals surface area contributed by atoms with Crippen LogP contribution in [0.1, 0.15) is 32.9 Å². The van der Waals surface area contributed by atoms with Crippen molar-refractivity contribution in [3.05, 3.63) is 24.0 Å². The molecule has 0 atom stereocenters. The molecule has 0 aliphatic carbocycles. The number of aromatic hydroxyl groups is 1. The zero-order valence-corrected chi connectivity index (χ0v) is 9.86. The number of ether oxygens (including phenoxy) is 1. The first-order chi connectivity index (χ1) is 7.37. The van der Waals surface area contributed by atoms with Gasteiger partial charge in [-0.25, -0.2) is 0 Å². The highest BCUT2D eigenvalue weighted by Gasteiger charge is 2.15. The molecule has 0 radical (unpaired) electrons. The lowest BCUT2D eigenvalue weighted by Crippen LogP contribution is -2.24. The summed E-state index contributed by atoms with van der Waals surface area (Å²) in [5.74, 6) is -0.108. The number of carbonyl (C=O) groups excluding carboxylic acids is 1. The maximum Gasteiger partial charge on any atom is 0.306 e. The molecule has 1 aromatic heterocycles. The molecule has 88 valence electrons. The van der Waals surface area contributed by atoms with Gasteiger partial charge in [0, 0.05) is 12.1 Å². The molecule has 0 saturated carbocycles. The van der Waals surface area contributed by atoms with Crippen LogP contribution in [0.15, 0.2) is 18.3 Å². The summed E-state index contributed by atoms with van der Waals surface area (Å²) in [4.78, 5) is 15.4. The monoisotopic (exact) mass is 223 g/mol. The van der Waals surface area contributed by atoms with E-state index in [1.165, 1.54) is 6.20 Å². The Morgan fingerprint density at radius 3 is 2.62 bits per heavy atom. The maximum absolute atomic E-state index is 11.4. The molecule has 0 spiro atoms. The Morgan fingerprint density at radius 2 is 2.12 bits per heavy atom. The predicted molar refractivity (Wildman–Crippen MR) is 60.1 cm³/mol. The van der Waals surface area contributed by atoms with Crippen molar-refractivity contribution >= 4 is 5.97 Å². The summed E-state index contributed by atoms with van der Waals surface area (Å²) < 4.78 is 5.17. The van der Waals surface area contributed by atoms with E-state index >= 15 is 0 Å². The molecular weight excluding hydrogens is 206 g/mol. The Balaban J connectivity index is 2.40. The fourth-order valence-electron chi connectivity index (χ4n) is 1.19. The van der Waals surface area contributed by atoms with Gasteiger partial charge in [-0.2, -0.15) is 0 Å². The molecule has 0 aliphatic rings.